The molecule has 9 nitrogen and oxygen atoms in total. The standard InChI is InChI=1S/C66H42N8OS/c1-5-21-43(22-6-1)61-67-62(44-23-7-2-8-24-44)70-65(69-61)48-39-47(40-50(41-48)74-53-29-13-17-33-57(53)75-58-34-18-14-30-54(58)74)51-38-37-49(73-55-31-15-19-35-59(55)76-60-36-20-16-32-56(60)73)42-52(51)66-71-63(45-25-9-3-10-26-45)68-64(72-66)46-27-11-4-12-28-46/h1-42H. The molecule has 2 aromatic heterocycles. The van der Waals surface area contributed by atoms with E-state index < -0.39 is 0 Å². The van der Waals surface area contributed by atoms with Crippen LogP contribution in [0.3, 0.4) is 0 Å². The zero-order valence-corrected chi connectivity index (χ0v) is 41.5. The smallest absolute Gasteiger partial charge is 0.164 e. The fourth-order valence-corrected chi connectivity index (χ4v) is 11.0. The van der Waals surface area contributed by atoms with Crippen LogP contribution in [-0.4, -0.2) is 29.9 Å². The number of hydrogen-bond acceptors (Lipinski definition) is 10. The Hall–Kier alpha value is -10.0. The van der Waals surface area contributed by atoms with Crippen LogP contribution in [-0.2, 0) is 0 Å². The van der Waals surface area contributed by atoms with Crippen LogP contribution < -0.4 is 14.5 Å². The van der Waals surface area contributed by atoms with E-state index in [2.05, 4.69) is 107 Å². The minimum atomic E-state index is 0.515. The van der Waals surface area contributed by atoms with Crippen molar-refractivity contribution < 1.29 is 4.74 Å². The van der Waals surface area contributed by atoms with Crippen molar-refractivity contribution in [3.8, 4) is 91.0 Å². The molecule has 0 spiro atoms. The SMILES string of the molecule is c1ccc(-c2nc(-c3ccccc3)nc(-c3cc(-c4ccc(N5c6ccccc6Sc6ccccc65)cc4-c4nc(-c5ccccc5)nc(-c5ccccc5)n4)cc(N4c5ccccc5Oc5ccccc54)c3)n2)cc1. The second-order valence-electron chi connectivity index (χ2n) is 18.3. The molecule has 0 atom stereocenters. The molecule has 0 saturated heterocycles. The van der Waals surface area contributed by atoms with Crippen molar-refractivity contribution in [2.45, 2.75) is 9.79 Å². The zero-order chi connectivity index (χ0) is 50.4. The lowest BCUT2D eigenvalue weighted by Gasteiger charge is -2.34. The molecular formula is C66H42N8OS. The zero-order valence-electron chi connectivity index (χ0n) is 40.6. The van der Waals surface area contributed by atoms with Crippen molar-refractivity contribution in [3.63, 3.8) is 0 Å². The van der Waals surface area contributed by atoms with Gasteiger partial charge < -0.3 is 14.5 Å². The van der Waals surface area contributed by atoms with E-state index >= 15 is 0 Å². The van der Waals surface area contributed by atoms with Crippen molar-refractivity contribution in [1.29, 1.82) is 0 Å². The molecule has 10 heteroatoms. The van der Waals surface area contributed by atoms with E-state index in [1.807, 2.05) is 158 Å². The maximum Gasteiger partial charge on any atom is 0.164 e. The summed E-state index contributed by atoms with van der Waals surface area (Å²) in [7, 11) is 0. The molecule has 14 rings (SSSR count). The normalized spacial score (nSPS) is 12.2. The minimum Gasteiger partial charge on any atom is -0.453 e. The second kappa shape index (κ2) is 19.1. The first-order valence-corrected chi connectivity index (χ1v) is 25.8. The van der Waals surface area contributed by atoms with Gasteiger partial charge >= 0.3 is 0 Å². The molecular weight excluding hydrogens is 953 g/mol. The average Bonchev–Trinajstić information content (AvgIpc) is 3.50. The molecule has 0 unspecified atom stereocenters. The summed E-state index contributed by atoms with van der Waals surface area (Å²) in [5.41, 5.74) is 12.7. The first-order chi connectivity index (χ1) is 37.6. The van der Waals surface area contributed by atoms with Crippen LogP contribution in [0.5, 0.6) is 11.5 Å². The maximum atomic E-state index is 6.58. The summed E-state index contributed by atoms with van der Waals surface area (Å²) in [6.07, 6.45) is 0. The van der Waals surface area contributed by atoms with E-state index in [4.69, 9.17) is 34.6 Å². The maximum absolute atomic E-state index is 6.58. The van der Waals surface area contributed by atoms with E-state index in [1.54, 1.807) is 11.8 Å². The van der Waals surface area contributed by atoms with Gasteiger partial charge in [0.1, 0.15) is 0 Å². The third-order valence-electron chi connectivity index (χ3n) is 13.5. The monoisotopic (exact) mass is 994 g/mol. The lowest BCUT2D eigenvalue weighted by molar-refractivity contribution is 0.477. The number of benzene rings is 10. The highest BCUT2D eigenvalue weighted by Crippen LogP contribution is 2.54. The highest BCUT2D eigenvalue weighted by Gasteiger charge is 2.29. The summed E-state index contributed by atoms with van der Waals surface area (Å²) >= 11 is 1.78. The summed E-state index contributed by atoms with van der Waals surface area (Å²) < 4.78 is 6.58. The molecule has 76 heavy (non-hydrogen) atoms. The van der Waals surface area contributed by atoms with Gasteiger partial charge in [0.15, 0.2) is 46.4 Å². The second-order valence-corrected chi connectivity index (χ2v) is 19.4. The van der Waals surface area contributed by atoms with Crippen molar-refractivity contribution in [3.05, 3.63) is 255 Å². The number of rotatable bonds is 9. The third kappa shape index (κ3) is 8.29. The topological polar surface area (TPSA) is 93.0 Å². The number of nitrogens with zero attached hydrogens (tertiary/aromatic N) is 8. The quantitative estimate of drug-likeness (QED) is 0.139. The Labute approximate surface area is 443 Å². The number of para-hydroxylation sites is 6. The fraction of sp³-hybridized carbons (Fsp3) is 0. The lowest BCUT2D eigenvalue weighted by atomic mass is 9.94. The number of ether oxygens (including phenoxy) is 1. The largest absolute Gasteiger partial charge is 0.453 e. The van der Waals surface area contributed by atoms with Crippen LogP contribution in [0.15, 0.2) is 265 Å². The van der Waals surface area contributed by atoms with Crippen LogP contribution in [0.4, 0.5) is 34.1 Å². The van der Waals surface area contributed by atoms with Crippen LogP contribution in [0, 0.1) is 0 Å². The van der Waals surface area contributed by atoms with E-state index in [9.17, 15) is 0 Å². The molecule has 358 valence electrons. The molecule has 0 amide bonds. The predicted octanol–water partition coefficient (Wildman–Crippen LogP) is 17.2. The molecule has 10 aromatic carbocycles. The van der Waals surface area contributed by atoms with Gasteiger partial charge in [0.05, 0.1) is 22.7 Å². The summed E-state index contributed by atoms with van der Waals surface area (Å²) in [6, 6.07) is 87.0. The molecule has 0 fully saturated rings. The van der Waals surface area contributed by atoms with Crippen LogP contribution in [0.1, 0.15) is 0 Å². The molecule has 4 heterocycles. The number of hydrogen-bond donors (Lipinski definition) is 0. The van der Waals surface area contributed by atoms with Gasteiger partial charge in [0.25, 0.3) is 0 Å². The number of anilines is 6. The predicted molar refractivity (Wildman–Crippen MR) is 305 cm³/mol. The van der Waals surface area contributed by atoms with Gasteiger partial charge in [-0.05, 0) is 90.0 Å². The van der Waals surface area contributed by atoms with Gasteiger partial charge in [-0.15, -0.1) is 0 Å². The molecule has 0 radical (unpaired) electrons. The Morgan fingerprint density at radius 1 is 0.263 bits per heavy atom. The fourth-order valence-electron chi connectivity index (χ4n) is 9.97. The van der Waals surface area contributed by atoms with Gasteiger partial charge in [-0.1, -0.05) is 188 Å². The number of aromatic nitrogens is 6. The molecule has 0 saturated carbocycles. The van der Waals surface area contributed by atoms with Crippen LogP contribution >= 0.6 is 11.8 Å². The highest BCUT2D eigenvalue weighted by atomic mass is 32.2. The molecule has 0 N–H and O–H groups in total. The summed E-state index contributed by atoms with van der Waals surface area (Å²) in [5.74, 6) is 4.77. The van der Waals surface area contributed by atoms with Gasteiger partial charge in [0, 0.05) is 54.5 Å². The summed E-state index contributed by atoms with van der Waals surface area (Å²) in [6.45, 7) is 0. The van der Waals surface area contributed by atoms with Gasteiger partial charge in [-0.3, -0.25) is 0 Å². The van der Waals surface area contributed by atoms with E-state index in [1.165, 1.54) is 0 Å². The van der Waals surface area contributed by atoms with E-state index in [0.717, 1.165) is 99.9 Å². The highest BCUT2D eigenvalue weighted by molar-refractivity contribution is 7.99. The van der Waals surface area contributed by atoms with Crippen molar-refractivity contribution >= 4 is 45.9 Å². The van der Waals surface area contributed by atoms with Crippen LogP contribution in [0.25, 0.3) is 79.5 Å². The molecule has 12 aromatic rings. The Morgan fingerprint density at radius 3 is 1.11 bits per heavy atom. The Bertz CT molecular complexity index is 3940. The molecule has 2 aliphatic rings. The van der Waals surface area contributed by atoms with Gasteiger partial charge in [-0.2, -0.15) is 0 Å². The van der Waals surface area contributed by atoms with E-state index in [0.29, 0.717) is 34.9 Å². The average molecular weight is 995 g/mol. The van der Waals surface area contributed by atoms with Crippen molar-refractivity contribution in [2.75, 3.05) is 9.80 Å². The van der Waals surface area contributed by atoms with E-state index in [-0.39, 0.29) is 0 Å². The third-order valence-corrected chi connectivity index (χ3v) is 14.6. The van der Waals surface area contributed by atoms with Gasteiger partial charge in [-0.25, -0.2) is 29.9 Å². The first-order valence-electron chi connectivity index (χ1n) is 25.0. The summed E-state index contributed by atoms with van der Waals surface area (Å²) in [4.78, 5) is 38.5. The molecule has 2 aliphatic heterocycles. The Kier molecular flexibility index (Phi) is 11.2. The van der Waals surface area contributed by atoms with Gasteiger partial charge in [0.2, 0.25) is 0 Å². The molecule has 0 aliphatic carbocycles. The lowest BCUT2D eigenvalue weighted by Crippen LogP contribution is -2.16. The Morgan fingerprint density at radius 2 is 0.632 bits per heavy atom. The molecule has 0 bridgehead atoms. The first kappa shape index (κ1) is 44.7. The summed E-state index contributed by atoms with van der Waals surface area (Å²) in [5, 5.41) is 0. The minimum absolute atomic E-state index is 0.515. The van der Waals surface area contributed by atoms with Crippen molar-refractivity contribution in [1.82, 2.24) is 29.9 Å². The Balaban J connectivity index is 1.06. The number of fused-ring (bicyclic) bond motifs is 4. The van der Waals surface area contributed by atoms with Crippen LogP contribution in [0.2, 0.25) is 0 Å². The van der Waals surface area contributed by atoms with Crippen molar-refractivity contribution in [2.24, 2.45) is 0 Å².